The zero-order valence-corrected chi connectivity index (χ0v) is 16.9. The van der Waals surface area contributed by atoms with Gasteiger partial charge in [-0.15, -0.1) is 0 Å². The number of Topliss-reactive ketones (excluding diaryl/α,β-unsaturated/α-hetero) is 1. The van der Waals surface area contributed by atoms with E-state index < -0.39 is 0 Å². The molecule has 3 nitrogen and oxygen atoms in total. The Bertz CT molecular complexity index is 654. The third-order valence-corrected chi connectivity index (χ3v) is 5.40. The first-order valence-corrected chi connectivity index (χ1v) is 9.28. The number of halogens is 2. The summed E-state index contributed by atoms with van der Waals surface area (Å²) in [5.74, 6) is 1.86. The van der Waals surface area contributed by atoms with Gasteiger partial charge in [0.15, 0.2) is 0 Å². The minimum atomic E-state index is 0.249. The molecule has 2 aromatic rings. The smallest absolute Gasteiger partial charge is 0.133 e. The molecule has 0 aliphatic carbocycles. The molecule has 2 aromatic carbocycles. The van der Waals surface area contributed by atoms with E-state index in [0.29, 0.717) is 25.7 Å². The Hall–Kier alpha value is -1.33. The molecule has 0 saturated carbocycles. The van der Waals surface area contributed by atoms with Crippen LogP contribution in [0.4, 0.5) is 0 Å². The zero-order valence-electron chi connectivity index (χ0n) is 13.8. The molecule has 0 N–H and O–H groups in total. The van der Waals surface area contributed by atoms with E-state index in [9.17, 15) is 4.79 Å². The minimum Gasteiger partial charge on any atom is -0.497 e. The molecule has 0 fully saturated rings. The van der Waals surface area contributed by atoms with Gasteiger partial charge in [-0.25, -0.2) is 0 Å². The highest BCUT2D eigenvalue weighted by molar-refractivity contribution is 9.10. The largest absolute Gasteiger partial charge is 0.497 e. The van der Waals surface area contributed by atoms with Gasteiger partial charge in [-0.3, -0.25) is 4.79 Å². The molecule has 0 aliphatic heterocycles. The van der Waals surface area contributed by atoms with E-state index in [1.54, 1.807) is 14.2 Å². The number of hydrogen-bond acceptors (Lipinski definition) is 3. The quantitative estimate of drug-likeness (QED) is 0.537. The van der Waals surface area contributed by atoms with Crippen LogP contribution < -0.4 is 9.47 Å². The van der Waals surface area contributed by atoms with Crippen LogP contribution in [0.5, 0.6) is 11.5 Å². The van der Waals surface area contributed by atoms with E-state index >= 15 is 0 Å². The fourth-order valence-electron chi connectivity index (χ4n) is 2.41. The van der Waals surface area contributed by atoms with Crippen molar-refractivity contribution in [2.75, 3.05) is 14.2 Å². The third-order valence-electron chi connectivity index (χ3n) is 3.85. The van der Waals surface area contributed by atoms with E-state index in [2.05, 4.69) is 31.9 Å². The molecule has 0 atom stereocenters. The SMILES string of the molecule is COc1ccc(Br)c(CCC(=O)CCc2cc(OC)ccc2Br)c1. The molecule has 2 rings (SSSR count). The number of ketones is 1. The van der Waals surface area contributed by atoms with Crippen LogP contribution in [0.15, 0.2) is 45.3 Å². The van der Waals surface area contributed by atoms with Crippen molar-refractivity contribution < 1.29 is 14.3 Å². The Balaban J connectivity index is 1.90. The Morgan fingerprint density at radius 1 is 0.833 bits per heavy atom. The van der Waals surface area contributed by atoms with Gasteiger partial charge < -0.3 is 9.47 Å². The summed E-state index contributed by atoms with van der Waals surface area (Å²) in [6, 6.07) is 11.6. The fraction of sp³-hybridized carbons (Fsp3) is 0.316. The Morgan fingerprint density at radius 2 is 1.25 bits per heavy atom. The van der Waals surface area contributed by atoms with E-state index in [4.69, 9.17) is 9.47 Å². The number of rotatable bonds is 8. The van der Waals surface area contributed by atoms with Crippen molar-refractivity contribution in [2.45, 2.75) is 25.7 Å². The summed E-state index contributed by atoms with van der Waals surface area (Å²) >= 11 is 7.05. The standard InChI is InChI=1S/C19H20Br2O3/c1-23-16-7-9-18(20)13(11-16)3-5-15(22)6-4-14-12-17(24-2)8-10-19(14)21/h7-12H,3-6H2,1-2H3. The molecule has 128 valence electrons. The highest BCUT2D eigenvalue weighted by Gasteiger charge is 2.09. The number of benzene rings is 2. The van der Waals surface area contributed by atoms with Crippen molar-refractivity contribution in [3.8, 4) is 11.5 Å². The van der Waals surface area contributed by atoms with Gasteiger partial charge in [-0.05, 0) is 60.4 Å². The van der Waals surface area contributed by atoms with Crippen LogP contribution >= 0.6 is 31.9 Å². The Morgan fingerprint density at radius 3 is 1.62 bits per heavy atom. The van der Waals surface area contributed by atoms with Crippen LogP contribution in [-0.2, 0) is 17.6 Å². The van der Waals surface area contributed by atoms with Gasteiger partial charge in [0, 0.05) is 21.8 Å². The van der Waals surface area contributed by atoms with Crippen molar-refractivity contribution in [3.63, 3.8) is 0 Å². The average molecular weight is 456 g/mol. The molecule has 0 aromatic heterocycles. The van der Waals surface area contributed by atoms with Gasteiger partial charge in [-0.1, -0.05) is 31.9 Å². The normalized spacial score (nSPS) is 10.5. The van der Waals surface area contributed by atoms with E-state index in [0.717, 1.165) is 31.6 Å². The topological polar surface area (TPSA) is 35.5 Å². The maximum absolute atomic E-state index is 12.2. The highest BCUT2D eigenvalue weighted by atomic mass is 79.9. The fourth-order valence-corrected chi connectivity index (χ4v) is 3.30. The maximum Gasteiger partial charge on any atom is 0.133 e. The van der Waals surface area contributed by atoms with Gasteiger partial charge in [0.2, 0.25) is 0 Å². The van der Waals surface area contributed by atoms with Gasteiger partial charge in [-0.2, -0.15) is 0 Å². The first-order valence-electron chi connectivity index (χ1n) is 7.70. The summed E-state index contributed by atoms with van der Waals surface area (Å²) in [5, 5.41) is 0. The molecule has 0 spiro atoms. The maximum atomic E-state index is 12.2. The molecule has 0 amide bonds. The molecule has 0 radical (unpaired) electrons. The molecule has 24 heavy (non-hydrogen) atoms. The molecule has 0 saturated heterocycles. The number of carbonyl (C=O) groups excluding carboxylic acids is 1. The number of hydrogen-bond donors (Lipinski definition) is 0. The van der Waals surface area contributed by atoms with Crippen LogP contribution in [-0.4, -0.2) is 20.0 Å². The minimum absolute atomic E-state index is 0.249. The molecule has 5 heteroatoms. The van der Waals surface area contributed by atoms with Gasteiger partial charge in [0.1, 0.15) is 17.3 Å². The molecular weight excluding hydrogens is 436 g/mol. The second kappa shape index (κ2) is 9.23. The molecule has 0 bridgehead atoms. The number of carbonyl (C=O) groups is 1. The monoisotopic (exact) mass is 454 g/mol. The lowest BCUT2D eigenvalue weighted by Gasteiger charge is -2.08. The zero-order chi connectivity index (χ0) is 17.5. The molecule has 0 unspecified atom stereocenters. The van der Waals surface area contributed by atoms with Crippen LogP contribution in [0, 0.1) is 0 Å². The number of methoxy groups -OCH3 is 2. The van der Waals surface area contributed by atoms with Crippen LogP contribution in [0.25, 0.3) is 0 Å². The average Bonchev–Trinajstić information content (AvgIpc) is 2.60. The van der Waals surface area contributed by atoms with Crippen molar-refractivity contribution >= 4 is 37.6 Å². The predicted molar refractivity (Wildman–Crippen MR) is 103 cm³/mol. The molecular formula is C19H20Br2O3. The first kappa shape index (κ1) is 19.0. The van der Waals surface area contributed by atoms with Crippen LogP contribution in [0.1, 0.15) is 24.0 Å². The predicted octanol–water partition coefficient (Wildman–Crippen LogP) is 5.36. The van der Waals surface area contributed by atoms with Crippen LogP contribution in [0.3, 0.4) is 0 Å². The van der Waals surface area contributed by atoms with Crippen molar-refractivity contribution in [1.29, 1.82) is 0 Å². The van der Waals surface area contributed by atoms with Crippen LogP contribution in [0.2, 0.25) is 0 Å². The van der Waals surface area contributed by atoms with Gasteiger partial charge in [0.05, 0.1) is 14.2 Å². The van der Waals surface area contributed by atoms with Crippen molar-refractivity contribution in [2.24, 2.45) is 0 Å². The second-order valence-electron chi connectivity index (χ2n) is 5.45. The molecule has 0 heterocycles. The number of ether oxygens (including phenoxy) is 2. The van der Waals surface area contributed by atoms with Crippen molar-refractivity contribution in [1.82, 2.24) is 0 Å². The molecule has 0 aliphatic rings. The Labute approximate surface area is 159 Å². The summed E-state index contributed by atoms with van der Waals surface area (Å²) in [6.07, 6.45) is 2.45. The Kier molecular flexibility index (Phi) is 7.31. The lowest BCUT2D eigenvalue weighted by Crippen LogP contribution is -2.03. The van der Waals surface area contributed by atoms with E-state index in [1.165, 1.54) is 0 Å². The highest BCUT2D eigenvalue weighted by Crippen LogP contribution is 2.25. The summed E-state index contributed by atoms with van der Waals surface area (Å²) in [5.41, 5.74) is 2.18. The summed E-state index contributed by atoms with van der Waals surface area (Å²) in [6.45, 7) is 0. The summed E-state index contributed by atoms with van der Waals surface area (Å²) in [7, 11) is 3.29. The first-order chi connectivity index (χ1) is 11.5. The third kappa shape index (κ3) is 5.35. The van der Waals surface area contributed by atoms with Gasteiger partial charge >= 0.3 is 0 Å². The lowest BCUT2D eigenvalue weighted by molar-refractivity contribution is -0.119. The van der Waals surface area contributed by atoms with Gasteiger partial charge in [0.25, 0.3) is 0 Å². The summed E-state index contributed by atoms with van der Waals surface area (Å²) in [4.78, 5) is 12.2. The van der Waals surface area contributed by atoms with E-state index in [-0.39, 0.29) is 5.78 Å². The van der Waals surface area contributed by atoms with E-state index in [1.807, 2.05) is 36.4 Å². The lowest BCUT2D eigenvalue weighted by atomic mass is 10.0. The summed E-state index contributed by atoms with van der Waals surface area (Å²) < 4.78 is 12.5. The number of aryl methyl sites for hydroxylation is 2. The second-order valence-corrected chi connectivity index (χ2v) is 7.16. The van der Waals surface area contributed by atoms with Crippen molar-refractivity contribution in [3.05, 3.63) is 56.5 Å².